The Kier molecular flexibility index (Phi) is 7.36. The Labute approximate surface area is 204 Å². The number of benzene rings is 2. The van der Waals surface area contributed by atoms with E-state index >= 15 is 0 Å². The molecule has 2 aromatic carbocycles. The van der Waals surface area contributed by atoms with Gasteiger partial charge in [-0.25, -0.2) is 0 Å². The SMILES string of the molecule is COCC1CN(c2ccc(C#N)c(C(F)(F)F)c2)CC12CCN(C(=O)CCc1ccccc1)CC2. The van der Waals surface area contributed by atoms with Crippen LogP contribution in [0.3, 0.4) is 0 Å². The number of anilines is 1. The molecule has 8 heteroatoms. The summed E-state index contributed by atoms with van der Waals surface area (Å²) < 4.78 is 46.0. The molecular formula is C27H30F3N3O2. The first kappa shape index (κ1) is 25.1. The molecule has 2 heterocycles. The third kappa shape index (κ3) is 5.46. The van der Waals surface area contributed by atoms with Gasteiger partial charge in [-0.05, 0) is 48.4 Å². The first-order valence-corrected chi connectivity index (χ1v) is 11.9. The summed E-state index contributed by atoms with van der Waals surface area (Å²) in [7, 11) is 1.64. The van der Waals surface area contributed by atoms with E-state index in [-0.39, 0.29) is 22.8 Å². The molecule has 0 radical (unpaired) electrons. The summed E-state index contributed by atoms with van der Waals surface area (Å²) >= 11 is 0. The first-order valence-electron chi connectivity index (χ1n) is 11.9. The van der Waals surface area contributed by atoms with Crippen LogP contribution in [0.2, 0.25) is 0 Å². The standard InChI is InChI=1S/C27H30F3N3O2/c1-35-18-22-17-33(23-9-8-21(16-31)24(15-23)27(28,29)30)19-26(22)11-13-32(14-12-26)25(34)10-7-20-5-3-2-4-6-20/h2-6,8-9,15,22H,7,10-14,17-19H2,1H3. The van der Waals surface area contributed by atoms with Crippen molar-refractivity contribution >= 4 is 11.6 Å². The van der Waals surface area contributed by atoms with Gasteiger partial charge in [-0.1, -0.05) is 30.3 Å². The second kappa shape index (κ2) is 10.3. The van der Waals surface area contributed by atoms with Crippen LogP contribution in [0.1, 0.15) is 36.0 Å². The van der Waals surface area contributed by atoms with Crippen LogP contribution in [0.15, 0.2) is 48.5 Å². The number of likely N-dealkylation sites (tertiary alicyclic amines) is 1. The second-order valence-electron chi connectivity index (χ2n) is 9.60. The predicted octanol–water partition coefficient (Wildman–Crippen LogP) is 4.90. The van der Waals surface area contributed by atoms with Gasteiger partial charge in [-0.3, -0.25) is 4.79 Å². The normalized spacial score (nSPS) is 19.7. The number of methoxy groups -OCH3 is 1. The van der Waals surface area contributed by atoms with Gasteiger partial charge in [0.05, 0.1) is 23.8 Å². The van der Waals surface area contributed by atoms with E-state index in [1.807, 2.05) is 40.1 Å². The number of nitrogens with zero attached hydrogens (tertiary/aromatic N) is 3. The number of alkyl halides is 3. The number of aryl methyl sites for hydroxylation is 1. The van der Waals surface area contributed by atoms with Crippen molar-refractivity contribution in [1.82, 2.24) is 4.90 Å². The van der Waals surface area contributed by atoms with Crippen molar-refractivity contribution in [1.29, 1.82) is 5.26 Å². The van der Waals surface area contributed by atoms with Gasteiger partial charge in [0.15, 0.2) is 0 Å². The molecule has 5 nitrogen and oxygen atoms in total. The Balaban J connectivity index is 1.44. The number of nitriles is 1. The fourth-order valence-corrected chi connectivity index (χ4v) is 5.54. The number of hydrogen-bond acceptors (Lipinski definition) is 4. The van der Waals surface area contributed by atoms with Gasteiger partial charge in [-0.15, -0.1) is 0 Å². The zero-order valence-corrected chi connectivity index (χ0v) is 19.9. The van der Waals surface area contributed by atoms with Gasteiger partial charge in [-0.2, -0.15) is 18.4 Å². The zero-order valence-electron chi connectivity index (χ0n) is 19.9. The van der Waals surface area contributed by atoms with Crippen molar-refractivity contribution in [2.75, 3.05) is 44.8 Å². The number of rotatable bonds is 6. The fourth-order valence-electron chi connectivity index (χ4n) is 5.54. The predicted molar refractivity (Wildman–Crippen MR) is 127 cm³/mol. The molecule has 2 aromatic rings. The minimum Gasteiger partial charge on any atom is -0.384 e. The van der Waals surface area contributed by atoms with Crippen LogP contribution >= 0.6 is 0 Å². The third-order valence-electron chi connectivity index (χ3n) is 7.56. The smallest absolute Gasteiger partial charge is 0.384 e. The Morgan fingerprint density at radius 3 is 2.51 bits per heavy atom. The second-order valence-corrected chi connectivity index (χ2v) is 9.60. The molecule has 4 rings (SSSR count). The van der Waals surface area contributed by atoms with Crippen molar-refractivity contribution in [2.24, 2.45) is 11.3 Å². The van der Waals surface area contributed by atoms with Gasteiger partial charge < -0.3 is 14.5 Å². The Bertz CT molecular complexity index is 1070. The molecule has 1 unspecified atom stereocenters. The molecule has 186 valence electrons. The van der Waals surface area contributed by atoms with Crippen LogP contribution in [-0.4, -0.2) is 50.7 Å². The van der Waals surface area contributed by atoms with Crippen molar-refractivity contribution in [3.8, 4) is 6.07 Å². The van der Waals surface area contributed by atoms with Gasteiger partial charge in [0.1, 0.15) is 0 Å². The maximum Gasteiger partial charge on any atom is 0.417 e. The Hall–Kier alpha value is -3.05. The van der Waals surface area contributed by atoms with E-state index in [2.05, 4.69) is 0 Å². The van der Waals surface area contributed by atoms with Gasteiger partial charge in [0.25, 0.3) is 0 Å². The van der Waals surface area contributed by atoms with E-state index in [0.29, 0.717) is 51.3 Å². The lowest BCUT2D eigenvalue weighted by molar-refractivity contribution is -0.137. The molecule has 1 amide bonds. The highest BCUT2D eigenvalue weighted by molar-refractivity contribution is 5.76. The van der Waals surface area contributed by atoms with Gasteiger partial charge in [0, 0.05) is 51.3 Å². The summed E-state index contributed by atoms with van der Waals surface area (Å²) in [6.45, 7) is 2.99. The average Bonchev–Trinajstić information content (AvgIpc) is 3.20. The zero-order chi connectivity index (χ0) is 25.1. The molecule has 2 aliphatic rings. The van der Waals surface area contributed by atoms with E-state index < -0.39 is 11.7 Å². The molecule has 2 fully saturated rings. The van der Waals surface area contributed by atoms with E-state index in [4.69, 9.17) is 10.00 Å². The van der Waals surface area contributed by atoms with Crippen LogP contribution in [0.4, 0.5) is 18.9 Å². The monoisotopic (exact) mass is 485 g/mol. The lowest BCUT2D eigenvalue weighted by Crippen LogP contribution is -2.47. The summed E-state index contributed by atoms with van der Waals surface area (Å²) in [4.78, 5) is 16.7. The molecule has 0 saturated carbocycles. The molecule has 1 atom stereocenters. The Morgan fingerprint density at radius 2 is 1.89 bits per heavy atom. The highest BCUT2D eigenvalue weighted by Crippen LogP contribution is 2.47. The lowest BCUT2D eigenvalue weighted by Gasteiger charge is -2.42. The van der Waals surface area contributed by atoms with Gasteiger partial charge >= 0.3 is 6.18 Å². The van der Waals surface area contributed by atoms with Crippen LogP contribution < -0.4 is 4.90 Å². The van der Waals surface area contributed by atoms with Crippen LogP contribution in [0.5, 0.6) is 0 Å². The molecule has 0 N–H and O–H groups in total. The largest absolute Gasteiger partial charge is 0.417 e. The van der Waals surface area contributed by atoms with E-state index in [0.717, 1.165) is 24.5 Å². The van der Waals surface area contributed by atoms with Crippen molar-refractivity contribution in [2.45, 2.75) is 31.9 Å². The number of carbonyl (C=O) groups is 1. The molecule has 0 aliphatic carbocycles. The number of carbonyl (C=O) groups excluding carboxylic acids is 1. The number of ether oxygens (including phenoxy) is 1. The van der Waals surface area contributed by atoms with E-state index in [1.54, 1.807) is 19.2 Å². The third-order valence-corrected chi connectivity index (χ3v) is 7.56. The fraction of sp³-hybridized carbons (Fsp3) is 0.481. The maximum atomic E-state index is 13.5. The summed E-state index contributed by atoms with van der Waals surface area (Å²) in [5.41, 5.74) is 0.210. The first-order chi connectivity index (χ1) is 16.8. The number of amides is 1. The molecule has 35 heavy (non-hydrogen) atoms. The van der Waals surface area contributed by atoms with Crippen LogP contribution in [0, 0.1) is 22.7 Å². The van der Waals surface area contributed by atoms with Gasteiger partial charge in [0.2, 0.25) is 5.91 Å². The summed E-state index contributed by atoms with van der Waals surface area (Å²) in [6.07, 6.45) is -1.83. The molecule has 2 saturated heterocycles. The van der Waals surface area contributed by atoms with Crippen LogP contribution in [-0.2, 0) is 22.1 Å². The molecule has 2 aliphatic heterocycles. The molecule has 1 spiro atoms. The summed E-state index contributed by atoms with van der Waals surface area (Å²) in [6, 6.07) is 15.5. The highest BCUT2D eigenvalue weighted by atomic mass is 19.4. The Morgan fingerprint density at radius 1 is 1.17 bits per heavy atom. The summed E-state index contributed by atoms with van der Waals surface area (Å²) in [5, 5.41) is 9.11. The van der Waals surface area contributed by atoms with Crippen LogP contribution in [0.25, 0.3) is 0 Å². The number of halogens is 3. The lowest BCUT2D eigenvalue weighted by atomic mass is 9.71. The minimum atomic E-state index is -4.59. The van der Waals surface area contributed by atoms with Crippen molar-refractivity contribution < 1.29 is 22.7 Å². The average molecular weight is 486 g/mol. The number of piperidine rings is 1. The van der Waals surface area contributed by atoms with E-state index in [9.17, 15) is 18.0 Å². The van der Waals surface area contributed by atoms with Crippen molar-refractivity contribution in [3.63, 3.8) is 0 Å². The maximum absolute atomic E-state index is 13.5. The quantitative estimate of drug-likeness (QED) is 0.584. The molecule has 0 aromatic heterocycles. The number of hydrogen-bond donors (Lipinski definition) is 0. The minimum absolute atomic E-state index is 0.126. The van der Waals surface area contributed by atoms with E-state index in [1.165, 1.54) is 6.07 Å². The molecule has 0 bridgehead atoms. The van der Waals surface area contributed by atoms with Crippen molar-refractivity contribution in [3.05, 3.63) is 65.2 Å². The summed E-state index contributed by atoms with van der Waals surface area (Å²) in [5.74, 6) is 0.294. The topological polar surface area (TPSA) is 56.6 Å². The molecular weight excluding hydrogens is 455 g/mol. The highest BCUT2D eigenvalue weighted by Gasteiger charge is 2.48.